The van der Waals surface area contributed by atoms with Crippen molar-refractivity contribution in [1.82, 2.24) is 9.78 Å². The van der Waals surface area contributed by atoms with Crippen LogP contribution >= 0.6 is 0 Å². The van der Waals surface area contributed by atoms with Crippen molar-refractivity contribution in [3.8, 4) is 5.69 Å². The molecule has 1 heterocycles. The zero-order valence-corrected chi connectivity index (χ0v) is 8.73. The quantitative estimate of drug-likeness (QED) is 0.644. The van der Waals surface area contributed by atoms with Crippen molar-refractivity contribution >= 4 is 5.82 Å². The fourth-order valence-corrected chi connectivity index (χ4v) is 1.44. The van der Waals surface area contributed by atoms with E-state index in [1.165, 1.54) is 5.56 Å². The van der Waals surface area contributed by atoms with Gasteiger partial charge in [0.05, 0.1) is 5.69 Å². The van der Waals surface area contributed by atoms with Gasteiger partial charge in [-0.2, -0.15) is 4.68 Å². The van der Waals surface area contributed by atoms with Gasteiger partial charge in [0.15, 0.2) is 0 Å². The van der Waals surface area contributed by atoms with Gasteiger partial charge in [-0.3, -0.25) is 0 Å². The summed E-state index contributed by atoms with van der Waals surface area (Å²) in [5, 5.41) is 4.28. The third-order valence-electron chi connectivity index (χ3n) is 2.21. The molecule has 0 saturated carbocycles. The van der Waals surface area contributed by atoms with Crippen LogP contribution in [0.5, 0.6) is 0 Å². The Morgan fingerprint density at radius 1 is 1.20 bits per heavy atom. The Morgan fingerprint density at radius 2 is 1.87 bits per heavy atom. The Hall–Kier alpha value is -2.08. The number of rotatable bonds is 1. The van der Waals surface area contributed by atoms with Crippen molar-refractivity contribution in [3.63, 3.8) is 0 Å². The maximum absolute atomic E-state index is 7.05. The smallest absolute Gasteiger partial charge is 0.257 e. The Morgan fingerprint density at radius 3 is 2.47 bits per heavy atom. The minimum Gasteiger partial charge on any atom is -0.362 e. The van der Waals surface area contributed by atoms with Crippen molar-refractivity contribution in [3.05, 3.63) is 53.0 Å². The zero-order valence-electron chi connectivity index (χ0n) is 8.73. The average molecular weight is 197 g/mol. The summed E-state index contributed by atoms with van der Waals surface area (Å²) in [5.74, 6) is 0.552. The molecule has 0 N–H and O–H groups in total. The largest absolute Gasteiger partial charge is 0.362 e. The van der Waals surface area contributed by atoms with Crippen LogP contribution in [0, 0.1) is 20.4 Å². The lowest BCUT2D eigenvalue weighted by Crippen LogP contribution is -1.95. The van der Waals surface area contributed by atoms with E-state index in [1.807, 2.05) is 38.1 Å². The summed E-state index contributed by atoms with van der Waals surface area (Å²) in [7, 11) is 0. The minimum atomic E-state index is 0.552. The summed E-state index contributed by atoms with van der Waals surface area (Å²) in [4.78, 5) is 3.44. The molecule has 0 aliphatic carbocycles. The third-order valence-corrected chi connectivity index (χ3v) is 2.21. The maximum Gasteiger partial charge on any atom is 0.257 e. The Labute approximate surface area is 88.8 Å². The fourth-order valence-electron chi connectivity index (χ4n) is 1.44. The molecule has 1 aromatic heterocycles. The van der Waals surface area contributed by atoms with Gasteiger partial charge in [0.2, 0.25) is 0 Å². The van der Waals surface area contributed by atoms with Gasteiger partial charge in [-0.05, 0) is 32.0 Å². The van der Waals surface area contributed by atoms with Crippen LogP contribution < -0.4 is 0 Å². The predicted octanol–water partition coefficient (Wildman–Crippen LogP) is 3.04. The van der Waals surface area contributed by atoms with E-state index in [1.54, 1.807) is 10.7 Å². The van der Waals surface area contributed by atoms with E-state index < -0.39 is 0 Å². The van der Waals surface area contributed by atoms with Crippen LogP contribution in [-0.4, -0.2) is 9.78 Å². The first-order valence-corrected chi connectivity index (χ1v) is 4.72. The molecule has 2 rings (SSSR count). The number of aryl methyl sites for hydroxylation is 2. The molecule has 0 amide bonds. The van der Waals surface area contributed by atoms with E-state index in [9.17, 15) is 0 Å². The molecule has 0 aliphatic rings. The molecule has 3 nitrogen and oxygen atoms in total. The SMILES string of the molecule is [C-]#[N+]c1cc(C)nn1-c1ccc(C)cc1. The highest BCUT2D eigenvalue weighted by Gasteiger charge is 2.08. The summed E-state index contributed by atoms with van der Waals surface area (Å²) in [5.41, 5.74) is 2.99. The molecule has 2 aromatic rings. The monoisotopic (exact) mass is 197 g/mol. The van der Waals surface area contributed by atoms with Gasteiger partial charge in [-0.15, -0.1) is 5.10 Å². The third kappa shape index (κ3) is 1.75. The summed E-state index contributed by atoms with van der Waals surface area (Å²) >= 11 is 0. The van der Waals surface area contributed by atoms with Gasteiger partial charge >= 0.3 is 0 Å². The van der Waals surface area contributed by atoms with E-state index in [2.05, 4.69) is 9.94 Å². The lowest BCUT2D eigenvalue weighted by Gasteiger charge is -1.99. The first-order chi connectivity index (χ1) is 7.20. The van der Waals surface area contributed by atoms with Crippen LogP contribution in [0.25, 0.3) is 10.5 Å². The fraction of sp³-hybridized carbons (Fsp3) is 0.167. The molecule has 0 fully saturated rings. The van der Waals surface area contributed by atoms with Crippen LogP contribution in [0.1, 0.15) is 11.3 Å². The second-order valence-corrected chi connectivity index (χ2v) is 3.50. The highest BCUT2D eigenvalue weighted by atomic mass is 15.3. The van der Waals surface area contributed by atoms with E-state index in [4.69, 9.17) is 6.57 Å². The normalized spacial score (nSPS) is 9.93. The molecule has 15 heavy (non-hydrogen) atoms. The van der Waals surface area contributed by atoms with Crippen LogP contribution in [0.3, 0.4) is 0 Å². The highest BCUT2D eigenvalue weighted by Crippen LogP contribution is 2.19. The first-order valence-electron chi connectivity index (χ1n) is 4.72. The van der Waals surface area contributed by atoms with E-state index in [0.717, 1.165) is 11.4 Å². The van der Waals surface area contributed by atoms with Gasteiger partial charge in [-0.1, -0.05) is 24.3 Å². The molecule has 0 saturated heterocycles. The summed E-state index contributed by atoms with van der Waals surface area (Å²) in [6.45, 7) is 11.0. The number of hydrogen-bond donors (Lipinski definition) is 0. The summed E-state index contributed by atoms with van der Waals surface area (Å²) in [6.07, 6.45) is 0. The maximum atomic E-state index is 7.05. The van der Waals surface area contributed by atoms with E-state index >= 15 is 0 Å². The molecule has 0 atom stereocenters. The van der Waals surface area contributed by atoms with Crippen LogP contribution in [0.4, 0.5) is 5.82 Å². The van der Waals surface area contributed by atoms with Crippen LogP contribution in [-0.2, 0) is 0 Å². The molecule has 0 unspecified atom stereocenters. The van der Waals surface area contributed by atoms with Gasteiger partial charge in [0.25, 0.3) is 5.82 Å². The Kier molecular flexibility index (Phi) is 2.26. The second-order valence-electron chi connectivity index (χ2n) is 3.50. The number of hydrogen-bond acceptors (Lipinski definition) is 1. The van der Waals surface area contributed by atoms with Gasteiger partial charge < -0.3 is 4.85 Å². The Bertz CT molecular complexity index is 515. The predicted molar refractivity (Wildman–Crippen MR) is 59.3 cm³/mol. The highest BCUT2D eigenvalue weighted by molar-refractivity contribution is 5.47. The average Bonchev–Trinajstić information content (AvgIpc) is 2.61. The molecular formula is C12H11N3. The first kappa shape index (κ1) is 9.47. The number of nitrogens with zero attached hydrogens (tertiary/aromatic N) is 3. The van der Waals surface area contributed by atoms with Crippen LogP contribution in [0.15, 0.2) is 30.3 Å². The molecule has 0 bridgehead atoms. The van der Waals surface area contributed by atoms with Crippen molar-refractivity contribution in [2.75, 3.05) is 0 Å². The molecule has 1 aromatic carbocycles. The van der Waals surface area contributed by atoms with Crippen molar-refractivity contribution in [1.29, 1.82) is 0 Å². The lowest BCUT2D eigenvalue weighted by molar-refractivity contribution is 0.875. The zero-order chi connectivity index (χ0) is 10.8. The van der Waals surface area contributed by atoms with Crippen molar-refractivity contribution < 1.29 is 0 Å². The molecular weight excluding hydrogens is 186 g/mol. The standard InChI is InChI=1S/C12H11N3/c1-9-4-6-11(7-5-9)15-12(13-3)8-10(2)14-15/h4-8H,1-2H3. The van der Waals surface area contributed by atoms with E-state index in [0.29, 0.717) is 5.82 Å². The molecule has 3 heteroatoms. The minimum absolute atomic E-state index is 0.552. The molecule has 0 aliphatic heterocycles. The second kappa shape index (κ2) is 3.58. The topological polar surface area (TPSA) is 22.2 Å². The molecule has 0 radical (unpaired) electrons. The molecule has 0 spiro atoms. The summed E-state index contributed by atoms with van der Waals surface area (Å²) in [6, 6.07) is 9.75. The molecule has 74 valence electrons. The number of aromatic nitrogens is 2. The van der Waals surface area contributed by atoms with Crippen molar-refractivity contribution in [2.24, 2.45) is 0 Å². The Balaban J connectivity index is 2.54. The number of benzene rings is 1. The van der Waals surface area contributed by atoms with Crippen molar-refractivity contribution in [2.45, 2.75) is 13.8 Å². The van der Waals surface area contributed by atoms with Crippen LogP contribution in [0.2, 0.25) is 0 Å². The lowest BCUT2D eigenvalue weighted by atomic mass is 10.2. The van der Waals surface area contributed by atoms with Gasteiger partial charge in [0.1, 0.15) is 5.69 Å². The van der Waals surface area contributed by atoms with Gasteiger partial charge in [-0.25, -0.2) is 0 Å². The summed E-state index contributed by atoms with van der Waals surface area (Å²) < 4.78 is 1.67. The van der Waals surface area contributed by atoms with Gasteiger partial charge in [0, 0.05) is 0 Å². The van der Waals surface area contributed by atoms with E-state index in [-0.39, 0.29) is 0 Å².